The van der Waals surface area contributed by atoms with Crippen LogP contribution in [0.3, 0.4) is 0 Å². The largest absolute Gasteiger partial charge is 0.466 e. The monoisotopic (exact) mass is 381 g/mol. The van der Waals surface area contributed by atoms with Gasteiger partial charge >= 0.3 is 5.97 Å². The Kier molecular flexibility index (Phi) is 4.76. The molecule has 5 rings (SSSR count). The normalized spacial score (nSPS) is 46.0. The minimum atomic E-state index is -0.861. The Hall–Kier alpha value is -1.18. The Morgan fingerprint density at radius 1 is 1.22 bits per heavy atom. The molecule has 7 nitrogen and oxygen atoms in total. The van der Waals surface area contributed by atoms with E-state index in [2.05, 4.69) is 6.92 Å². The van der Waals surface area contributed by atoms with E-state index < -0.39 is 17.6 Å². The predicted octanol–water partition coefficient (Wildman–Crippen LogP) is 2.63. The molecule has 0 aromatic rings. The molecule has 0 unspecified atom stereocenters. The summed E-state index contributed by atoms with van der Waals surface area (Å²) in [6, 6.07) is 0. The first-order valence-corrected chi connectivity index (χ1v) is 10.3. The fourth-order valence-corrected chi connectivity index (χ4v) is 5.83. The van der Waals surface area contributed by atoms with E-state index in [1.54, 1.807) is 11.8 Å². The van der Waals surface area contributed by atoms with Crippen LogP contribution in [0.2, 0.25) is 0 Å². The lowest BCUT2D eigenvalue weighted by Crippen LogP contribution is -2.75. The molecule has 0 N–H and O–H groups in total. The maximum Gasteiger partial charge on any atom is 0.307 e. The number of fused-ring (bicyclic) bond motifs is 2. The number of amides is 1. The number of esters is 1. The molecule has 5 aliphatic rings. The molecule has 4 heterocycles. The van der Waals surface area contributed by atoms with E-state index in [4.69, 9.17) is 19.2 Å². The van der Waals surface area contributed by atoms with Crippen molar-refractivity contribution >= 4 is 11.9 Å². The third-order valence-electron chi connectivity index (χ3n) is 7.22. The van der Waals surface area contributed by atoms with E-state index in [9.17, 15) is 9.59 Å². The zero-order valence-electron chi connectivity index (χ0n) is 16.7. The summed E-state index contributed by atoms with van der Waals surface area (Å²) in [6.45, 7) is 8.52. The first-order valence-electron chi connectivity index (χ1n) is 10.3. The predicted molar refractivity (Wildman–Crippen MR) is 94.9 cm³/mol. The molecule has 1 amide bonds. The molecule has 0 aromatic heterocycles. The highest BCUT2D eigenvalue weighted by atomic mass is 17.3. The average molecular weight is 381 g/mol. The van der Waals surface area contributed by atoms with Gasteiger partial charge in [0.25, 0.3) is 0 Å². The van der Waals surface area contributed by atoms with Crippen molar-refractivity contribution in [2.75, 3.05) is 13.2 Å². The number of rotatable bonds is 4. The third kappa shape index (κ3) is 2.81. The molecule has 2 bridgehead atoms. The maximum absolute atomic E-state index is 13.2. The standard InChI is InChI=1S/C20H31NO6/c1-5-24-16(22)9-11-21-17(23)13(3)15-7-6-12(2)14-8-10-19(4)25-18(21)20(14,15)27-26-19/h12-15,18H,5-11H2,1-4H3/t12-,13-,14+,15+,18-,19+,20-/m1/s1. The molecule has 5 fully saturated rings. The van der Waals surface area contributed by atoms with Crippen molar-refractivity contribution in [2.45, 2.75) is 77.4 Å². The molecule has 1 spiro atoms. The molecule has 1 aliphatic carbocycles. The quantitative estimate of drug-likeness (QED) is 0.551. The number of carbonyl (C=O) groups is 2. The number of piperidine rings is 1. The first-order chi connectivity index (χ1) is 12.8. The van der Waals surface area contributed by atoms with Gasteiger partial charge in [-0.3, -0.25) is 9.59 Å². The second-order valence-corrected chi connectivity index (χ2v) is 8.81. The highest BCUT2D eigenvalue weighted by molar-refractivity contribution is 5.81. The van der Waals surface area contributed by atoms with Gasteiger partial charge in [0.05, 0.1) is 13.0 Å². The average Bonchev–Trinajstić information content (AvgIpc) is 2.86. The second-order valence-electron chi connectivity index (χ2n) is 8.81. The van der Waals surface area contributed by atoms with Crippen molar-refractivity contribution in [1.82, 2.24) is 4.90 Å². The summed E-state index contributed by atoms with van der Waals surface area (Å²) in [5, 5.41) is 0. The van der Waals surface area contributed by atoms with Gasteiger partial charge in [0.15, 0.2) is 11.8 Å². The Balaban J connectivity index is 1.70. The molecule has 4 aliphatic heterocycles. The van der Waals surface area contributed by atoms with E-state index >= 15 is 0 Å². The van der Waals surface area contributed by atoms with Crippen molar-refractivity contribution in [1.29, 1.82) is 0 Å². The minimum Gasteiger partial charge on any atom is -0.466 e. The van der Waals surface area contributed by atoms with E-state index in [0.717, 1.165) is 25.7 Å². The molecule has 4 saturated heterocycles. The van der Waals surface area contributed by atoms with Crippen LogP contribution in [0.1, 0.15) is 59.8 Å². The lowest BCUT2D eigenvalue weighted by Gasteiger charge is -2.61. The fourth-order valence-electron chi connectivity index (χ4n) is 5.83. The number of likely N-dealkylation sites (tertiary alicyclic amines) is 1. The van der Waals surface area contributed by atoms with Crippen LogP contribution in [0.4, 0.5) is 0 Å². The summed E-state index contributed by atoms with van der Waals surface area (Å²) in [5.41, 5.74) is -0.657. The zero-order valence-corrected chi connectivity index (χ0v) is 16.7. The van der Waals surface area contributed by atoms with Crippen LogP contribution in [-0.4, -0.2) is 47.5 Å². The van der Waals surface area contributed by atoms with Gasteiger partial charge in [0, 0.05) is 24.8 Å². The molecule has 1 saturated carbocycles. The molecule has 152 valence electrons. The van der Waals surface area contributed by atoms with Crippen LogP contribution in [0.5, 0.6) is 0 Å². The smallest absolute Gasteiger partial charge is 0.307 e. The number of hydrogen-bond acceptors (Lipinski definition) is 6. The summed E-state index contributed by atoms with van der Waals surface area (Å²) in [6.07, 6.45) is 3.35. The summed E-state index contributed by atoms with van der Waals surface area (Å²) >= 11 is 0. The highest BCUT2D eigenvalue weighted by Crippen LogP contribution is 2.60. The minimum absolute atomic E-state index is 0.0352. The summed E-state index contributed by atoms with van der Waals surface area (Å²) in [7, 11) is 0. The number of nitrogens with zero attached hydrogens (tertiary/aromatic N) is 1. The Morgan fingerprint density at radius 3 is 2.74 bits per heavy atom. The van der Waals surface area contributed by atoms with Gasteiger partial charge < -0.3 is 14.4 Å². The number of carbonyl (C=O) groups excluding carboxylic acids is 2. The molecule has 7 heteroatoms. The van der Waals surface area contributed by atoms with Crippen molar-refractivity contribution in [2.24, 2.45) is 23.7 Å². The summed E-state index contributed by atoms with van der Waals surface area (Å²) in [4.78, 5) is 38.8. The van der Waals surface area contributed by atoms with Gasteiger partial charge in [-0.1, -0.05) is 13.8 Å². The fraction of sp³-hybridized carbons (Fsp3) is 0.900. The summed E-state index contributed by atoms with van der Waals surface area (Å²) in [5.74, 6) is -0.498. The van der Waals surface area contributed by atoms with Crippen molar-refractivity contribution in [3.05, 3.63) is 0 Å². The van der Waals surface area contributed by atoms with Crippen molar-refractivity contribution in [3.8, 4) is 0 Å². The van der Waals surface area contributed by atoms with Gasteiger partial charge in [-0.25, -0.2) is 9.78 Å². The van der Waals surface area contributed by atoms with Gasteiger partial charge in [-0.05, 0) is 44.9 Å². The van der Waals surface area contributed by atoms with Crippen LogP contribution in [0.25, 0.3) is 0 Å². The van der Waals surface area contributed by atoms with Gasteiger partial charge in [-0.2, -0.15) is 0 Å². The van der Waals surface area contributed by atoms with Crippen molar-refractivity contribution in [3.63, 3.8) is 0 Å². The third-order valence-corrected chi connectivity index (χ3v) is 7.22. The second kappa shape index (κ2) is 6.71. The first kappa shape index (κ1) is 19.2. The van der Waals surface area contributed by atoms with Crippen molar-refractivity contribution < 1.29 is 28.8 Å². The van der Waals surface area contributed by atoms with Crippen LogP contribution < -0.4 is 0 Å². The molecular formula is C20H31NO6. The Morgan fingerprint density at radius 2 is 2.00 bits per heavy atom. The van der Waals surface area contributed by atoms with Gasteiger partial charge in [0.1, 0.15) is 0 Å². The van der Waals surface area contributed by atoms with Gasteiger partial charge in [-0.15, -0.1) is 0 Å². The zero-order chi connectivity index (χ0) is 19.4. The Labute approximate surface area is 160 Å². The number of hydrogen-bond donors (Lipinski definition) is 0. The topological polar surface area (TPSA) is 74.3 Å². The summed E-state index contributed by atoms with van der Waals surface area (Å²) < 4.78 is 11.5. The SMILES string of the molecule is CCOC(=O)CCN1C(=O)[C@H](C)[C@@H]2CC[C@@H](C)[C@@H]3CC[C@]4(C)OO[C@]32[C@H]1O4. The molecule has 0 aromatic carbocycles. The van der Waals surface area contributed by atoms with Crippen LogP contribution >= 0.6 is 0 Å². The lowest BCUT2D eigenvalue weighted by atomic mass is 9.57. The highest BCUT2D eigenvalue weighted by Gasteiger charge is 2.70. The molecular weight excluding hydrogens is 350 g/mol. The Bertz CT molecular complexity index is 626. The molecule has 7 atom stereocenters. The van der Waals surface area contributed by atoms with Crippen LogP contribution in [-0.2, 0) is 28.8 Å². The lowest BCUT2D eigenvalue weighted by molar-refractivity contribution is -0.547. The van der Waals surface area contributed by atoms with Crippen LogP contribution in [0, 0.1) is 23.7 Å². The van der Waals surface area contributed by atoms with Crippen LogP contribution in [0.15, 0.2) is 0 Å². The maximum atomic E-state index is 13.2. The van der Waals surface area contributed by atoms with E-state index in [0.29, 0.717) is 12.5 Å². The van der Waals surface area contributed by atoms with E-state index in [1.807, 2.05) is 13.8 Å². The van der Waals surface area contributed by atoms with E-state index in [1.165, 1.54) is 0 Å². The molecule has 27 heavy (non-hydrogen) atoms. The van der Waals surface area contributed by atoms with Gasteiger partial charge in [0.2, 0.25) is 11.7 Å². The van der Waals surface area contributed by atoms with E-state index in [-0.39, 0.29) is 42.6 Å². The number of ether oxygens (including phenoxy) is 2. The molecule has 0 radical (unpaired) electrons.